The van der Waals surface area contributed by atoms with E-state index in [1.54, 1.807) is 30.3 Å². The second-order valence-electron chi connectivity index (χ2n) is 4.93. The quantitative estimate of drug-likeness (QED) is 0.781. The van der Waals surface area contributed by atoms with E-state index in [2.05, 4.69) is 10.3 Å². The van der Waals surface area contributed by atoms with Gasteiger partial charge in [0.2, 0.25) is 5.56 Å². The molecular weight excluding hydrogens is 299 g/mol. The average Bonchev–Trinajstić information content (AvgIpc) is 2.55. The Labute approximate surface area is 130 Å². The smallest absolute Gasteiger partial charge is 0.255 e. The van der Waals surface area contributed by atoms with Crippen LogP contribution in [0, 0.1) is 5.82 Å². The third-order valence-electron chi connectivity index (χ3n) is 3.39. The van der Waals surface area contributed by atoms with Gasteiger partial charge in [0, 0.05) is 22.7 Å². The van der Waals surface area contributed by atoms with Gasteiger partial charge >= 0.3 is 0 Å². The number of hydrogen-bond acceptors (Lipinski definition) is 3. The highest BCUT2D eigenvalue weighted by atomic mass is 19.1. The van der Waals surface area contributed by atoms with Crippen LogP contribution in [0.15, 0.2) is 53.3 Å². The standard InChI is InChI=1S/C17H13FN2O3/c1-23-13-5-2-10(3-6-13)17(22)19-12-8-11-4-7-15(21)20-16(11)14(18)9-12/h2-9H,1H3,(H,19,22)(H,20,21). The van der Waals surface area contributed by atoms with Crippen molar-refractivity contribution in [2.24, 2.45) is 0 Å². The fraction of sp³-hybridized carbons (Fsp3) is 0.0588. The number of aromatic amines is 1. The molecule has 1 heterocycles. The molecule has 5 nitrogen and oxygen atoms in total. The van der Waals surface area contributed by atoms with E-state index in [0.29, 0.717) is 22.4 Å². The van der Waals surface area contributed by atoms with Crippen molar-refractivity contribution in [2.45, 2.75) is 0 Å². The number of nitrogens with one attached hydrogen (secondary N) is 2. The van der Waals surface area contributed by atoms with E-state index < -0.39 is 5.82 Å². The Kier molecular flexibility index (Phi) is 3.80. The van der Waals surface area contributed by atoms with E-state index in [-0.39, 0.29) is 17.0 Å². The van der Waals surface area contributed by atoms with Gasteiger partial charge in [0.15, 0.2) is 0 Å². The first-order valence-electron chi connectivity index (χ1n) is 6.85. The zero-order valence-electron chi connectivity index (χ0n) is 12.2. The Balaban J connectivity index is 1.89. The maximum atomic E-state index is 14.0. The maximum absolute atomic E-state index is 14.0. The van der Waals surface area contributed by atoms with Crippen molar-refractivity contribution < 1.29 is 13.9 Å². The first-order chi connectivity index (χ1) is 11.1. The molecule has 116 valence electrons. The molecule has 6 heteroatoms. The molecule has 2 aromatic carbocycles. The van der Waals surface area contributed by atoms with Gasteiger partial charge in [0.05, 0.1) is 12.6 Å². The number of rotatable bonds is 3. The lowest BCUT2D eigenvalue weighted by molar-refractivity contribution is 0.102. The Hall–Kier alpha value is -3.15. The molecule has 0 aliphatic heterocycles. The summed E-state index contributed by atoms with van der Waals surface area (Å²) >= 11 is 0. The van der Waals surface area contributed by atoms with Crippen molar-refractivity contribution in [1.29, 1.82) is 0 Å². The summed E-state index contributed by atoms with van der Waals surface area (Å²) in [5.41, 5.74) is 0.460. The van der Waals surface area contributed by atoms with Crippen LogP contribution < -0.4 is 15.6 Å². The van der Waals surface area contributed by atoms with Crippen LogP contribution in [0.5, 0.6) is 5.75 Å². The molecule has 0 saturated heterocycles. The second-order valence-corrected chi connectivity index (χ2v) is 4.93. The summed E-state index contributed by atoms with van der Waals surface area (Å²) in [6.07, 6.45) is 0. The number of halogens is 1. The number of benzene rings is 2. The number of carbonyl (C=O) groups excluding carboxylic acids is 1. The molecule has 3 rings (SSSR count). The third kappa shape index (κ3) is 3.06. The van der Waals surface area contributed by atoms with E-state index in [0.717, 1.165) is 0 Å². The van der Waals surface area contributed by atoms with Crippen LogP contribution in [-0.4, -0.2) is 18.0 Å². The van der Waals surface area contributed by atoms with Crippen LogP contribution in [0.1, 0.15) is 10.4 Å². The van der Waals surface area contributed by atoms with Crippen LogP contribution in [-0.2, 0) is 0 Å². The van der Waals surface area contributed by atoms with Crippen molar-refractivity contribution in [3.63, 3.8) is 0 Å². The van der Waals surface area contributed by atoms with Gasteiger partial charge < -0.3 is 15.0 Å². The number of H-pyrrole nitrogens is 1. The van der Waals surface area contributed by atoms with Gasteiger partial charge in [-0.15, -0.1) is 0 Å². The van der Waals surface area contributed by atoms with E-state index >= 15 is 0 Å². The van der Waals surface area contributed by atoms with Gasteiger partial charge in [-0.05, 0) is 42.5 Å². The molecule has 0 atom stereocenters. The molecule has 0 spiro atoms. The highest BCUT2D eigenvalue weighted by Crippen LogP contribution is 2.21. The van der Waals surface area contributed by atoms with Crippen LogP contribution >= 0.6 is 0 Å². The molecule has 1 amide bonds. The predicted octanol–water partition coefficient (Wildman–Crippen LogP) is 2.93. The summed E-state index contributed by atoms with van der Waals surface area (Å²) in [6, 6.07) is 12.1. The van der Waals surface area contributed by atoms with E-state index in [1.165, 1.54) is 25.3 Å². The number of pyridine rings is 1. The zero-order valence-corrected chi connectivity index (χ0v) is 12.2. The minimum absolute atomic E-state index is 0.111. The van der Waals surface area contributed by atoms with E-state index in [1.807, 2.05) is 0 Å². The van der Waals surface area contributed by atoms with Crippen LogP contribution in [0.2, 0.25) is 0 Å². The summed E-state index contributed by atoms with van der Waals surface area (Å²) in [5.74, 6) is -0.330. The van der Waals surface area contributed by atoms with Gasteiger partial charge in [0.1, 0.15) is 11.6 Å². The number of carbonyl (C=O) groups is 1. The van der Waals surface area contributed by atoms with Crippen LogP contribution in [0.25, 0.3) is 10.9 Å². The summed E-state index contributed by atoms with van der Waals surface area (Å²) in [6.45, 7) is 0. The molecule has 0 bridgehead atoms. The summed E-state index contributed by atoms with van der Waals surface area (Å²) in [4.78, 5) is 25.8. The van der Waals surface area contributed by atoms with Crippen molar-refractivity contribution in [3.8, 4) is 5.75 Å². The van der Waals surface area contributed by atoms with Crippen molar-refractivity contribution in [1.82, 2.24) is 4.98 Å². The molecular formula is C17H13FN2O3. The first-order valence-corrected chi connectivity index (χ1v) is 6.85. The fourth-order valence-electron chi connectivity index (χ4n) is 2.24. The summed E-state index contributed by atoms with van der Waals surface area (Å²) < 4.78 is 19.1. The monoisotopic (exact) mass is 312 g/mol. The Bertz CT molecular complexity index is 933. The molecule has 3 aromatic rings. The maximum Gasteiger partial charge on any atom is 0.255 e. The summed E-state index contributed by atoms with van der Waals surface area (Å²) in [7, 11) is 1.54. The highest BCUT2D eigenvalue weighted by molar-refractivity contribution is 6.05. The molecule has 1 aromatic heterocycles. The largest absolute Gasteiger partial charge is 0.497 e. The Morgan fingerprint density at radius 3 is 2.57 bits per heavy atom. The lowest BCUT2D eigenvalue weighted by Gasteiger charge is -2.08. The predicted molar refractivity (Wildman–Crippen MR) is 85.5 cm³/mol. The van der Waals surface area contributed by atoms with Crippen molar-refractivity contribution in [2.75, 3.05) is 12.4 Å². The number of fused-ring (bicyclic) bond motifs is 1. The Morgan fingerprint density at radius 2 is 1.87 bits per heavy atom. The normalized spacial score (nSPS) is 10.5. The third-order valence-corrected chi connectivity index (χ3v) is 3.39. The molecule has 0 saturated carbocycles. The molecule has 0 unspecified atom stereocenters. The lowest BCUT2D eigenvalue weighted by atomic mass is 10.1. The summed E-state index contributed by atoms with van der Waals surface area (Å²) in [5, 5.41) is 3.13. The number of ether oxygens (including phenoxy) is 1. The zero-order chi connectivity index (χ0) is 16.4. The van der Waals surface area contributed by atoms with Crippen LogP contribution in [0.4, 0.5) is 10.1 Å². The van der Waals surface area contributed by atoms with Crippen molar-refractivity contribution in [3.05, 3.63) is 70.3 Å². The first kappa shape index (κ1) is 14.8. The number of hydrogen-bond donors (Lipinski definition) is 2. The van der Waals surface area contributed by atoms with E-state index in [9.17, 15) is 14.0 Å². The fourth-order valence-corrected chi connectivity index (χ4v) is 2.24. The van der Waals surface area contributed by atoms with Gasteiger partial charge in [-0.3, -0.25) is 9.59 Å². The van der Waals surface area contributed by atoms with Crippen molar-refractivity contribution >= 4 is 22.5 Å². The lowest BCUT2D eigenvalue weighted by Crippen LogP contribution is -2.12. The van der Waals surface area contributed by atoms with Gasteiger partial charge in [-0.1, -0.05) is 0 Å². The minimum atomic E-state index is -0.606. The molecule has 0 aliphatic rings. The number of methoxy groups -OCH3 is 1. The molecule has 0 radical (unpaired) electrons. The molecule has 0 aliphatic carbocycles. The molecule has 0 fully saturated rings. The highest BCUT2D eigenvalue weighted by Gasteiger charge is 2.09. The second kappa shape index (κ2) is 5.92. The number of aromatic nitrogens is 1. The number of amides is 1. The Morgan fingerprint density at radius 1 is 1.13 bits per heavy atom. The topological polar surface area (TPSA) is 71.2 Å². The SMILES string of the molecule is COc1ccc(C(=O)Nc2cc(F)c3[nH]c(=O)ccc3c2)cc1. The van der Waals surface area contributed by atoms with Crippen LogP contribution in [0.3, 0.4) is 0 Å². The van der Waals surface area contributed by atoms with Gasteiger partial charge in [0.25, 0.3) is 5.91 Å². The number of anilines is 1. The van der Waals surface area contributed by atoms with Gasteiger partial charge in [-0.25, -0.2) is 4.39 Å². The minimum Gasteiger partial charge on any atom is -0.497 e. The van der Waals surface area contributed by atoms with E-state index in [4.69, 9.17) is 4.74 Å². The van der Waals surface area contributed by atoms with Gasteiger partial charge in [-0.2, -0.15) is 0 Å². The molecule has 2 N–H and O–H groups in total. The molecule has 23 heavy (non-hydrogen) atoms. The average molecular weight is 312 g/mol.